The van der Waals surface area contributed by atoms with Crippen LogP contribution in [0.4, 0.5) is 5.69 Å². The van der Waals surface area contributed by atoms with E-state index in [4.69, 9.17) is 4.74 Å². The van der Waals surface area contributed by atoms with Gasteiger partial charge in [0.2, 0.25) is 11.7 Å². The van der Waals surface area contributed by atoms with E-state index in [0.717, 1.165) is 5.69 Å². The lowest BCUT2D eigenvalue weighted by atomic mass is 10.3. The normalized spacial score (nSPS) is 13.9. The van der Waals surface area contributed by atoms with Crippen LogP contribution < -0.4 is 10.1 Å². The van der Waals surface area contributed by atoms with Gasteiger partial charge in [0.25, 0.3) is 0 Å². The number of ketones is 1. The van der Waals surface area contributed by atoms with Crippen LogP contribution in [0, 0.1) is 0 Å². The lowest BCUT2D eigenvalue weighted by molar-refractivity contribution is 0.101. The van der Waals surface area contributed by atoms with E-state index in [1.807, 2.05) is 0 Å². The zero-order chi connectivity index (χ0) is 8.55. The van der Waals surface area contributed by atoms with E-state index < -0.39 is 0 Å². The molecule has 0 bridgehead atoms. The Labute approximate surface area is 69.6 Å². The number of pyridine rings is 1. The maximum atomic E-state index is 11.2. The third kappa shape index (κ3) is 0.922. The van der Waals surface area contributed by atoms with Gasteiger partial charge in [-0.2, -0.15) is 0 Å². The smallest absolute Gasteiger partial charge is 0.213 e. The molecule has 0 saturated carbocycles. The molecule has 0 spiro atoms. The summed E-state index contributed by atoms with van der Waals surface area (Å²) in [6.07, 6.45) is 0. The van der Waals surface area contributed by atoms with Crippen LogP contribution in [0.3, 0.4) is 0 Å². The van der Waals surface area contributed by atoms with E-state index >= 15 is 0 Å². The van der Waals surface area contributed by atoms with E-state index in [2.05, 4.69) is 10.3 Å². The van der Waals surface area contributed by atoms with Crippen molar-refractivity contribution < 1.29 is 9.53 Å². The highest BCUT2D eigenvalue weighted by molar-refractivity contribution is 6.06. The van der Waals surface area contributed by atoms with Crippen LogP contribution in [0.1, 0.15) is 10.5 Å². The number of ether oxygens (including phenoxy) is 1. The maximum absolute atomic E-state index is 11.2. The van der Waals surface area contributed by atoms with Gasteiger partial charge in [0.15, 0.2) is 0 Å². The second-order valence-corrected chi connectivity index (χ2v) is 2.53. The summed E-state index contributed by atoms with van der Waals surface area (Å²) in [5.41, 5.74) is 1.27. The van der Waals surface area contributed by atoms with Gasteiger partial charge in [-0.15, -0.1) is 0 Å². The highest BCUT2D eigenvalue weighted by Gasteiger charge is 2.20. The molecule has 0 saturated heterocycles. The fourth-order valence-electron chi connectivity index (χ4n) is 1.17. The predicted octanol–water partition coefficient (Wildman–Crippen LogP) is 0.698. The summed E-state index contributed by atoms with van der Waals surface area (Å²) in [6, 6.07) is 3.52. The minimum absolute atomic E-state index is 0.0175. The number of hydrogen-bond acceptors (Lipinski definition) is 4. The van der Waals surface area contributed by atoms with Crippen molar-refractivity contribution in [1.82, 2.24) is 4.98 Å². The van der Waals surface area contributed by atoms with Crippen LogP contribution in [0.25, 0.3) is 0 Å². The highest BCUT2D eigenvalue weighted by Crippen LogP contribution is 2.22. The number of carbonyl (C=O) groups excluding carboxylic acids is 1. The molecule has 12 heavy (non-hydrogen) atoms. The quantitative estimate of drug-likeness (QED) is 0.663. The third-order valence-corrected chi connectivity index (χ3v) is 1.78. The molecule has 1 aliphatic heterocycles. The van der Waals surface area contributed by atoms with E-state index in [0.29, 0.717) is 18.1 Å². The monoisotopic (exact) mass is 164 g/mol. The molecule has 1 N–H and O–H groups in total. The molecule has 1 aliphatic rings. The number of rotatable bonds is 1. The lowest BCUT2D eigenvalue weighted by Gasteiger charge is -1.99. The first-order valence-corrected chi connectivity index (χ1v) is 3.63. The summed E-state index contributed by atoms with van der Waals surface area (Å²) in [5.74, 6) is 0.495. The van der Waals surface area contributed by atoms with Gasteiger partial charge in [-0.1, -0.05) is 0 Å². The number of carbonyl (C=O) groups is 1. The van der Waals surface area contributed by atoms with E-state index in [9.17, 15) is 4.79 Å². The number of anilines is 1. The average molecular weight is 164 g/mol. The third-order valence-electron chi connectivity index (χ3n) is 1.78. The molecular formula is C8H8N2O2. The van der Waals surface area contributed by atoms with Crippen molar-refractivity contribution in [1.29, 1.82) is 0 Å². The van der Waals surface area contributed by atoms with Gasteiger partial charge in [-0.3, -0.25) is 4.79 Å². The first-order chi connectivity index (χ1) is 5.81. The van der Waals surface area contributed by atoms with Crippen molar-refractivity contribution in [3.05, 3.63) is 17.8 Å². The first kappa shape index (κ1) is 7.09. The Morgan fingerprint density at radius 2 is 2.42 bits per heavy atom. The van der Waals surface area contributed by atoms with Crippen molar-refractivity contribution in [2.24, 2.45) is 0 Å². The van der Waals surface area contributed by atoms with Crippen molar-refractivity contribution in [2.75, 3.05) is 19.0 Å². The molecule has 0 amide bonds. The summed E-state index contributed by atoms with van der Waals surface area (Å²) < 4.78 is 4.90. The van der Waals surface area contributed by atoms with Gasteiger partial charge >= 0.3 is 0 Å². The number of aromatic nitrogens is 1. The molecule has 1 aromatic rings. The number of methoxy groups -OCH3 is 1. The Morgan fingerprint density at radius 1 is 1.58 bits per heavy atom. The SMILES string of the molecule is COc1ccc2c(n1)C(=O)CN2. The Bertz CT molecular complexity index is 336. The molecule has 62 valence electrons. The molecule has 0 aliphatic carbocycles. The minimum Gasteiger partial charge on any atom is -0.481 e. The first-order valence-electron chi connectivity index (χ1n) is 3.63. The largest absolute Gasteiger partial charge is 0.481 e. The molecule has 0 radical (unpaired) electrons. The van der Waals surface area contributed by atoms with Gasteiger partial charge in [0, 0.05) is 6.07 Å². The van der Waals surface area contributed by atoms with Gasteiger partial charge in [0.05, 0.1) is 19.3 Å². The zero-order valence-corrected chi connectivity index (χ0v) is 6.63. The lowest BCUT2D eigenvalue weighted by Crippen LogP contribution is -2.02. The Hall–Kier alpha value is -1.58. The number of Topliss-reactive ketones (excluding diaryl/α,β-unsaturated/α-hetero) is 1. The van der Waals surface area contributed by atoms with Crippen LogP contribution in [0.2, 0.25) is 0 Å². The Balaban J connectivity index is 2.50. The Kier molecular flexibility index (Phi) is 1.46. The van der Waals surface area contributed by atoms with Gasteiger partial charge in [-0.25, -0.2) is 4.98 Å². The van der Waals surface area contributed by atoms with Gasteiger partial charge < -0.3 is 10.1 Å². The van der Waals surface area contributed by atoms with Crippen molar-refractivity contribution >= 4 is 11.5 Å². The van der Waals surface area contributed by atoms with Crippen molar-refractivity contribution in [2.45, 2.75) is 0 Å². The van der Waals surface area contributed by atoms with Gasteiger partial charge in [-0.05, 0) is 6.07 Å². The second kappa shape index (κ2) is 2.48. The molecule has 1 aromatic heterocycles. The molecular weight excluding hydrogens is 156 g/mol. The summed E-state index contributed by atoms with van der Waals surface area (Å²) in [6.45, 7) is 0.343. The van der Waals surface area contributed by atoms with Crippen LogP contribution >= 0.6 is 0 Å². The number of nitrogens with zero attached hydrogens (tertiary/aromatic N) is 1. The van der Waals surface area contributed by atoms with Crippen LogP contribution in [-0.4, -0.2) is 24.4 Å². The molecule has 0 aromatic carbocycles. The summed E-state index contributed by atoms with van der Waals surface area (Å²) in [7, 11) is 1.53. The fourth-order valence-corrected chi connectivity index (χ4v) is 1.17. The fraction of sp³-hybridized carbons (Fsp3) is 0.250. The van der Waals surface area contributed by atoms with Gasteiger partial charge in [0.1, 0.15) is 5.69 Å². The topological polar surface area (TPSA) is 51.2 Å². The van der Waals surface area contributed by atoms with Crippen LogP contribution in [0.5, 0.6) is 5.88 Å². The number of hydrogen-bond donors (Lipinski definition) is 1. The Morgan fingerprint density at radius 3 is 3.17 bits per heavy atom. The van der Waals surface area contributed by atoms with E-state index in [1.54, 1.807) is 12.1 Å². The molecule has 4 heteroatoms. The van der Waals surface area contributed by atoms with Crippen molar-refractivity contribution in [3.8, 4) is 5.88 Å². The number of fused-ring (bicyclic) bond motifs is 1. The molecule has 2 heterocycles. The average Bonchev–Trinajstić information content (AvgIpc) is 2.47. The molecule has 0 atom stereocenters. The molecule has 2 rings (SSSR count). The van der Waals surface area contributed by atoms with Crippen LogP contribution in [0.15, 0.2) is 12.1 Å². The highest BCUT2D eigenvalue weighted by atomic mass is 16.5. The zero-order valence-electron chi connectivity index (χ0n) is 6.63. The maximum Gasteiger partial charge on any atom is 0.213 e. The standard InChI is InChI=1S/C8H8N2O2/c1-12-7-3-2-5-8(10-7)6(11)4-9-5/h2-3,9H,4H2,1H3. The molecule has 0 fully saturated rings. The summed E-state index contributed by atoms with van der Waals surface area (Å²) >= 11 is 0. The molecule has 0 unspecified atom stereocenters. The van der Waals surface area contributed by atoms with E-state index in [-0.39, 0.29) is 5.78 Å². The van der Waals surface area contributed by atoms with E-state index in [1.165, 1.54) is 7.11 Å². The number of nitrogens with one attached hydrogen (secondary N) is 1. The minimum atomic E-state index is 0.0175. The summed E-state index contributed by atoms with van der Waals surface area (Å²) in [4.78, 5) is 15.2. The van der Waals surface area contributed by atoms with Crippen molar-refractivity contribution in [3.63, 3.8) is 0 Å². The van der Waals surface area contributed by atoms with Crippen LogP contribution in [-0.2, 0) is 0 Å². The predicted molar refractivity (Wildman–Crippen MR) is 43.6 cm³/mol. The second-order valence-electron chi connectivity index (χ2n) is 2.53. The summed E-state index contributed by atoms with van der Waals surface area (Å²) in [5, 5.41) is 2.93. The molecule has 4 nitrogen and oxygen atoms in total.